The van der Waals surface area contributed by atoms with E-state index >= 15 is 0 Å². The van der Waals surface area contributed by atoms with Gasteiger partial charge in [0.2, 0.25) is 0 Å². The molecule has 1 unspecified atom stereocenters. The van der Waals surface area contributed by atoms with Gasteiger partial charge in [-0.3, -0.25) is 14.4 Å². The van der Waals surface area contributed by atoms with Crippen LogP contribution in [-0.2, 0) is 12.8 Å². The van der Waals surface area contributed by atoms with Crippen LogP contribution in [0.4, 0.5) is 0 Å². The first-order valence-corrected chi connectivity index (χ1v) is 8.52. The number of rotatable bonds is 4. The second kappa shape index (κ2) is 6.50. The molecule has 0 saturated carbocycles. The maximum Gasteiger partial charge on any atom is 0.261 e. The number of aromatic nitrogens is 1. The zero-order chi connectivity index (χ0) is 16.4. The van der Waals surface area contributed by atoms with Crippen molar-refractivity contribution in [1.29, 1.82) is 0 Å². The molecule has 2 N–H and O–H groups in total. The van der Waals surface area contributed by atoms with E-state index in [4.69, 9.17) is 0 Å². The Morgan fingerprint density at radius 1 is 1.39 bits per heavy atom. The van der Waals surface area contributed by atoms with E-state index in [2.05, 4.69) is 10.3 Å². The van der Waals surface area contributed by atoms with Crippen molar-refractivity contribution in [3.8, 4) is 0 Å². The summed E-state index contributed by atoms with van der Waals surface area (Å²) in [6, 6.07) is 5.41. The number of hydrogen-bond acceptors (Lipinski definition) is 4. The Hall–Kier alpha value is -2.21. The van der Waals surface area contributed by atoms with Crippen molar-refractivity contribution in [2.45, 2.75) is 26.2 Å². The monoisotopic (exact) mass is 330 g/mol. The summed E-state index contributed by atoms with van der Waals surface area (Å²) in [5.41, 5.74) is 0.706. The average molecular weight is 330 g/mol. The SMILES string of the molecule is CC1CC(=O)c2cc(C(=O)NCCc3cccs3)c(=O)[nH]c2C1. The molecule has 0 aromatic carbocycles. The Kier molecular flexibility index (Phi) is 4.43. The van der Waals surface area contributed by atoms with Crippen LogP contribution in [-0.4, -0.2) is 23.2 Å². The van der Waals surface area contributed by atoms with Crippen LogP contribution < -0.4 is 10.9 Å². The molecule has 3 rings (SSSR count). The number of nitrogens with one attached hydrogen (secondary N) is 2. The van der Waals surface area contributed by atoms with E-state index in [1.165, 1.54) is 10.9 Å². The minimum Gasteiger partial charge on any atom is -0.352 e. The summed E-state index contributed by atoms with van der Waals surface area (Å²) in [5.74, 6) is -0.226. The molecule has 0 fully saturated rings. The van der Waals surface area contributed by atoms with E-state index in [9.17, 15) is 14.4 Å². The summed E-state index contributed by atoms with van der Waals surface area (Å²) >= 11 is 1.63. The molecule has 1 aliphatic carbocycles. The van der Waals surface area contributed by atoms with Crippen LogP contribution in [0.25, 0.3) is 0 Å². The summed E-state index contributed by atoms with van der Waals surface area (Å²) < 4.78 is 0. The summed E-state index contributed by atoms with van der Waals surface area (Å²) in [6.45, 7) is 2.44. The highest BCUT2D eigenvalue weighted by Crippen LogP contribution is 2.23. The second-order valence-electron chi connectivity index (χ2n) is 5.93. The normalized spacial score (nSPS) is 16.9. The molecule has 5 nitrogen and oxygen atoms in total. The Morgan fingerprint density at radius 3 is 2.96 bits per heavy atom. The van der Waals surface area contributed by atoms with E-state index in [1.54, 1.807) is 11.3 Å². The molecule has 2 aromatic rings. The molecule has 120 valence electrons. The molecule has 2 aromatic heterocycles. The standard InChI is InChI=1S/C17H18N2O3S/c1-10-7-14-12(15(20)8-10)9-13(17(22)19-14)16(21)18-5-4-11-3-2-6-23-11/h2-3,6,9-10H,4-5,7-8H2,1H3,(H,18,21)(H,19,22). The topological polar surface area (TPSA) is 79.0 Å². The summed E-state index contributed by atoms with van der Waals surface area (Å²) in [7, 11) is 0. The number of H-pyrrole nitrogens is 1. The van der Waals surface area contributed by atoms with Gasteiger partial charge in [0.15, 0.2) is 5.78 Å². The molecule has 6 heteroatoms. The molecule has 0 saturated heterocycles. The lowest BCUT2D eigenvalue weighted by Gasteiger charge is -2.20. The number of Topliss-reactive ketones (excluding diaryl/α,β-unsaturated/α-hetero) is 1. The van der Waals surface area contributed by atoms with E-state index in [-0.39, 0.29) is 17.3 Å². The third-order valence-electron chi connectivity index (χ3n) is 3.99. The molecule has 0 radical (unpaired) electrons. The number of ketones is 1. The van der Waals surface area contributed by atoms with Crippen LogP contribution in [0.5, 0.6) is 0 Å². The van der Waals surface area contributed by atoms with Crippen LogP contribution in [0, 0.1) is 5.92 Å². The number of hydrogen-bond donors (Lipinski definition) is 2. The Labute approximate surface area is 137 Å². The Balaban J connectivity index is 1.74. The zero-order valence-corrected chi connectivity index (χ0v) is 13.7. The van der Waals surface area contributed by atoms with Gasteiger partial charge in [-0.25, -0.2) is 0 Å². The highest BCUT2D eigenvalue weighted by Gasteiger charge is 2.25. The Morgan fingerprint density at radius 2 is 2.22 bits per heavy atom. The fraction of sp³-hybridized carbons (Fsp3) is 0.353. The number of carbonyl (C=O) groups is 2. The van der Waals surface area contributed by atoms with Gasteiger partial charge in [0.05, 0.1) is 0 Å². The van der Waals surface area contributed by atoms with Crippen molar-refractivity contribution in [2.24, 2.45) is 5.92 Å². The van der Waals surface area contributed by atoms with E-state index < -0.39 is 11.5 Å². The average Bonchev–Trinajstić information content (AvgIpc) is 2.99. The summed E-state index contributed by atoms with van der Waals surface area (Å²) in [4.78, 5) is 40.3. The minimum atomic E-state index is -0.433. The predicted molar refractivity (Wildman–Crippen MR) is 89.2 cm³/mol. The predicted octanol–water partition coefficient (Wildman–Crippen LogP) is 2.17. The highest BCUT2D eigenvalue weighted by atomic mass is 32.1. The first kappa shape index (κ1) is 15.7. The van der Waals surface area contributed by atoms with Crippen molar-refractivity contribution in [3.63, 3.8) is 0 Å². The molecule has 0 spiro atoms. The largest absolute Gasteiger partial charge is 0.352 e. The van der Waals surface area contributed by atoms with Gasteiger partial charge in [-0.2, -0.15) is 0 Å². The molecule has 1 atom stereocenters. The van der Waals surface area contributed by atoms with Crippen molar-refractivity contribution in [2.75, 3.05) is 6.54 Å². The van der Waals surface area contributed by atoms with Gasteiger partial charge in [0.25, 0.3) is 11.5 Å². The third kappa shape index (κ3) is 3.42. The maximum atomic E-state index is 12.2. The van der Waals surface area contributed by atoms with Gasteiger partial charge in [-0.1, -0.05) is 13.0 Å². The maximum absolute atomic E-state index is 12.2. The number of fused-ring (bicyclic) bond motifs is 1. The first-order valence-electron chi connectivity index (χ1n) is 7.64. The number of aromatic amines is 1. The molecule has 2 heterocycles. The zero-order valence-electron chi connectivity index (χ0n) is 12.8. The molecule has 1 amide bonds. The molecule has 1 aliphatic rings. The minimum absolute atomic E-state index is 0.0114. The van der Waals surface area contributed by atoms with Crippen molar-refractivity contribution in [3.05, 3.63) is 55.6 Å². The van der Waals surface area contributed by atoms with Gasteiger partial charge >= 0.3 is 0 Å². The number of pyridine rings is 1. The summed E-state index contributed by atoms with van der Waals surface area (Å²) in [6.07, 6.45) is 1.85. The Bertz CT molecular complexity index is 793. The van der Waals surface area contributed by atoms with E-state index in [0.717, 1.165) is 6.42 Å². The highest BCUT2D eigenvalue weighted by molar-refractivity contribution is 7.09. The van der Waals surface area contributed by atoms with Crippen LogP contribution in [0.15, 0.2) is 28.4 Å². The molecular weight excluding hydrogens is 312 g/mol. The van der Waals surface area contributed by atoms with E-state index in [1.807, 2.05) is 24.4 Å². The van der Waals surface area contributed by atoms with Crippen LogP contribution in [0.2, 0.25) is 0 Å². The molecular formula is C17H18N2O3S. The second-order valence-corrected chi connectivity index (χ2v) is 6.96. The van der Waals surface area contributed by atoms with Crippen LogP contribution >= 0.6 is 11.3 Å². The fourth-order valence-corrected chi connectivity index (χ4v) is 3.55. The quantitative estimate of drug-likeness (QED) is 0.902. The lowest BCUT2D eigenvalue weighted by Crippen LogP contribution is -2.33. The van der Waals surface area contributed by atoms with Gasteiger partial charge < -0.3 is 10.3 Å². The van der Waals surface area contributed by atoms with Gasteiger partial charge in [0.1, 0.15) is 5.56 Å². The van der Waals surface area contributed by atoms with Crippen molar-refractivity contribution in [1.82, 2.24) is 10.3 Å². The van der Waals surface area contributed by atoms with Crippen molar-refractivity contribution >= 4 is 23.0 Å². The van der Waals surface area contributed by atoms with E-state index in [0.29, 0.717) is 30.6 Å². The molecule has 0 aliphatic heterocycles. The van der Waals surface area contributed by atoms with Crippen molar-refractivity contribution < 1.29 is 9.59 Å². The van der Waals surface area contributed by atoms with Gasteiger partial charge in [0, 0.05) is 29.1 Å². The van der Waals surface area contributed by atoms with Crippen LogP contribution in [0.3, 0.4) is 0 Å². The summed E-state index contributed by atoms with van der Waals surface area (Å²) in [5, 5.41) is 4.73. The smallest absolute Gasteiger partial charge is 0.261 e. The number of carbonyl (C=O) groups excluding carboxylic acids is 2. The van der Waals surface area contributed by atoms with Gasteiger partial charge in [-0.05, 0) is 36.3 Å². The fourth-order valence-electron chi connectivity index (χ4n) is 2.84. The number of amides is 1. The van der Waals surface area contributed by atoms with Crippen LogP contribution in [0.1, 0.15) is 44.6 Å². The number of thiophene rings is 1. The lowest BCUT2D eigenvalue weighted by molar-refractivity contribution is 0.0951. The first-order chi connectivity index (χ1) is 11.0. The molecule has 0 bridgehead atoms. The van der Waals surface area contributed by atoms with Gasteiger partial charge in [-0.15, -0.1) is 11.3 Å². The lowest BCUT2D eigenvalue weighted by atomic mass is 9.86. The third-order valence-corrected chi connectivity index (χ3v) is 4.93. The molecule has 23 heavy (non-hydrogen) atoms.